The lowest BCUT2D eigenvalue weighted by molar-refractivity contribution is 0.584. The van der Waals surface area contributed by atoms with Crippen molar-refractivity contribution < 1.29 is 16.8 Å². The summed E-state index contributed by atoms with van der Waals surface area (Å²) in [5.74, 6) is 0. The summed E-state index contributed by atoms with van der Waals surface area (Å²) in [5.41, 5.74) is 0.441. The first-order valence-corrected chi connectivity index (χ1v) is 10.3. The third-order valence-corrected chi connectivity index (χ3v) is 5.67. The van der Waals surface area contributed by atoms with Crippen LogP contribution >= 0.6 is 0 Å². The summed E-state index contributed by atoms with van der Waals surface area (Å²) in [7, 11) is -6.97. The number of likely N-dealkylation sites (N-methyl/N-ethyl adjacent to an activating group) is 1. The van der Waals surface area contributed by atoms with Gasteiger partial charge in [-0.1, -0.05) is 13.8 Å². The van der Waals surface area contributed by atoms with Crippen LogP contribution in [0.25, 0.3) is 0 Å². The van der Waals surface area contributed by atoms with Crippen molar-refractivity contribution in [1.29, 1.82) is 0 Å². The Morgan fingerprint density at radius 1 is 1.00 bits per heavy atom. The van der Waals surface area contributed by atoms with Gasteiger partial charge in [-0.15, -0.1) is 0 Å². The molecule has 0 aliphatic heterocycles. The molecular formula is C13H23N3O4S2. The maximum absolute atomic E-state index is 11.9. The molecule has 0 aliphatic carbocycles. The minimum Gasteiger partial charge on any atom is -0.315 e. The fourth-order valence-electron chi connectivity index (χ4n) is 1.91. The average Bonchev–Trinajstić information content (AvgIpc) is 2.42. The van der Waals surface area contributed by atoms with Crippen LogP contribution in [-0.4, -0.2) is 49.3 Å². The molecule has 0 fully saturated rings. The molecule has 9 heteroatoms. The topological polar surface area (TPSA) is 95.6 Å². The van der Waals surface area contributed by atoms with E-state index in [1.165, 1.54) is 28.6 Å². The molecule has 1 rings (SSSR count). The summed E-state index contributed by atoms with van der Waals surface area (Å²) in [6.45, 7) is 5.47. The van der Waals surface area contributed by atoms with Gasteiger partial charge in [0, 0.05) is 19.6 Å². The van der Waals surface area contributed by atoms with E-state index in [2.05, 4.69) is 10.0 Å². The number of anilines is 1. The molecule has 126 valence electrons. The van der Waals surface area contributed by atoms with Gasteiger partial charge in [0.25, 0.3) is 0 Å². The minimum atomic E-state index is -3.54. The van der Waals surface area contributed by atoms with Gasteiger partial charge in [-0.3, -0.25) is 4.31 Å². The van der Waals surface area contributed by atoms with Crippen molar-refractivity contribution in [2.24, 2.45) is 0 Å². The minimum absolute atomic E-state index is 0.109. The first-order valence-electron chi connectivity index (χ1n) is 7.00. The molecular weight excluding hydrogens is 326 g/mol. The molecule has 0 atom stereocenters. The van der Waals surface area contributed by atoms with Crippen molar-refractivity contribution in [2.75, 3.05) is 36.7 Å². The quantitative estimate of drug-likeness (QED) is 0.628. The third-order valence-electron chi connectivity index (χ3n) is 2.91. The summed E-state index contributed by atoms with van der Waals surface area (Å²) in [4.78, 5) is 0.109. The van der Waals surface area contributed by atoms with E-state index in [1.807, 2.05) is 6.92 Å². The van der Waals surface area contributed by atoms with Crippen LogP contribution in [0.15, 0.2) is 29.2 Å². The van der Waals surface area contributed by atoms with Crippen molar-refractivity contribution in [3.05, 3.63) is 24.3 Å². The smallest absolute Gasteiger partial charge is 0.240 e. The summed E-state index contributed by atoms with van der Waals surface area (Å²) < 4.78 is 51.1. The van der Waals surface area contributed by atoms with Gasteiger partial charge < -0.3 is 5.32 Å². The van der Waals surface area contributed by atoms with E-state index in [1.54, 1.807) is 6.92 Å². The molecule has 7 nitrogen and oxygen atoms in total. The number of benzene rings is 1. The van der Waals surface area contributed by atoms with Crippen LogP contribution in [0.3, 0.4) is 0 Å². The highest BCUT2D eigenvalue weighted by molar-refractivity contribution is 7.92. The van der Waals surface area contributed by atoms with Crippen LogP contribution in [-0.2, 0) is 20.0 Å². The van der Waals surface area contributed by atoms with Crippen LogP contribution in [0.4, 0.5) is 5.69 Å². The Bertz CT molecular complexity index is 670. The van der Waals surface area contributed by atoms with E-state index in [-0.39, 0.29) is 11.4 Å². The molecule has 0 radical (unpaired) electrons. The zero-order valence-corrected chi connectivity index (χ0v) is 14.7. The number of sulfonamides is 2. The van der Waals surface area contributed by atoms with Crippen LogP contribution < -0.4 is 14.3 Å². The number of nitrogens with zero attached hydrogens (tertiary/aromatic N) is 1. The molecule has 22 heavy (non-hydrogen) atoms. The van der Waals surface area contributed by atoms with Gasteiger partial charge in [-0.05, 0) is 30.8 Å². The SMILES string of the molecule is CCNCCN(c1ccc(S(=O)(=O)NCC)cc1)S(C)(=O)=O. The van der Waals surface area contributed by atoms with E-state index < -0.39 is 20.0 Å². The zero-order chi connectivity index (χ0) is 16.8. The fourth-order valence-corrected chi connectivity index (χ4v) is 3.88. The monoisotopic (exact) mass is 349 g/mol. The highest BCUT2D eigenvalue weighted by Gasteiger charge is 2.18. The molecule has 0 aromatic heterocycles. The van der Waals surface area contributed by atoms with Gasteiger partial charge in [-0.2, -0.15) is 0 Å². The number of hydrogen-bond donors (Lipinski definition) is 2. The Kier molecular flexibility index (Phi) is 6.79. The lowest BCUT2D eigenvalue weighted by Gasteiger charge is -2.22. The molecule has 1 aromatic carbocycles. The highest BCUT2D eigenvalue weighted by Crippen LogP contribution is 2.20. The summed E-state index contributed by atoms with van der Waals surface area (Å²) in [6, 6.07) is 5.80. The Morgan fingerprint density at radius 3 is 2.05 bits per heavy atom. The second kappa shape index (κ2) is 7.91. The zero-order valence-electron chi connectivity index (χ0n) is 13.0. The Balaban J connectivity index is 3.03. The van der Waals surface area contributed by atoms with Crippen molar-refractivity contribution in [3.63, 3.8) is 0 Å². The molecule has 0 saturated carbocycles. The molecule has 2 N–H and O–H groups in total. The first-order chi connectivity index (χ1) is 10.2. The molecule has 0 saturated heterocycles. The average molecular weight is 349 g/mol. The Labute approximate surface area is 132 Å². The van der Waals surface area contributed by atoms with Gasteiger partial charge in [0.2, 0.25) is 20.0 Å². The molecule has 0 amide bonds. The van der Waals surface area contributed by atoms with Crippen molar-refractivity contribution >= 4 is 25.7 Å². The largest absolute Gasteiger partial charge is 0.315 e. The summed E-state index contributed by atoms with van der Waals surface area (Å²) in [5, 5.41) is 3.06. The Hall–Kier alpha value is -1.16. The normalized spacial score (nSPS) is 12.3. The molecule has 0 unspecified atom stereocenters. The molecule has 0 spiro atoms. The van der Waals surface area contributed by atoms with Gasteiger partial charge >= 0.3 is 0 Å². The van der Waals surface area contributed by atoms with E-state index in [0.29, 0.717) is 18.8 Å². The summed E-state index contributed by atoms with van der Waals surface area (Å²) >= 11 is 0. The van der Waals surface area contributed by atoms with Crippen molar-refractivity contribution in [2.45, 2.75) is 18.7 Å². The number of nitrogens with one attached hydrogen (secondary N) is 2. The predicted molar refractivity (Wildman–Crippen MR) is 88.0 cm³/mol. The second-order valence-electron chi connectivity index (χ2n) is 4.68. The van der Waals surface area contributed by atoms with E-state index in [9.17, 15) is 16.8 Å². The standard InChI is InChI=1S/C13H23N3O4S2/c1-4-14-10-11-16(21(3,17)18)12-6-8-13(9-7-12)22(19,20)15-5-2/h6-9,14-15H,4-5,10-11H2,1-3H3. The molecule has 0 aliphatic rings. The van der Waals surface area contributed by atoms with Gasteiger partial charge in [0.15, 0.2) is 0 Å². The maximum Gasteiger partial charge on any atom is 0.240 e. The van der Waals surface area contributed by atoms with Crippen LogP contribution in [0.2, 0.25) is 0 Å². The van der Waals surface area contributed by atoms with Crippen molar-refractivity contribution in [1.82, 2.24) is 10.0 Å². The second-order valence-corrected chi connectivity index (χ2v) is 8.36. The Morgan fingerprint density at radius 2 is 1.59 bits per heavy atom. The van der Waals surface area contributed by atoms with Gasteiger partial charge in [-0.25, -0.2) is 21.6 Å². The number of hydrogen-bond acceptors (Lipinski definition) is 5. The maximum atomic E-state index is 11.9. The van der Waals surface area contributed by atoms with E-state index >= 15 is 0 Å². The van der Waals surface area contributed by atoms with E-state index in [0.717, 1.165) is 12.8 Å². The molecule has 0 bridgehead atoms. The van der Waals surface area contributed by atoms with Gasteiger partial charge in [0.05, 0.1) is 16.8 Å². The molecule has 1 aromatic rings. The van der Waals surface area contributed by atoms with Crippen LogP contribution in [0.5, 0.6) is 0 Å². The number of rotatable bonds is 9. The van der Waals surface area contributed by atoms with Crippen molar-refractivity contribution in [3.8, 4) is 0 Å². The van der Waals surface area contributed by atoms with Crippen LogP contribution in [0, 0.1) is 0 Å². The third kappa shape index (κ3) is 5.24. The summed E-state index contributed by atoms with van der Waals surface area (Å²) in [6.07, 6.45) is 1.13. The highest BCUT2D eigenvalue weighted by atomic mass is 32.2. The fraction of sp³-hybridized carbons (Fsp3) is 0.538. The predicted octanol–water partition coefficient (Wildman–Crippen LogP) is 0.360. The lowest BCUT2D eigenvalue weighted by atomic mass is 10.3. The van der Waals surface area contributed by atoms with E-state index in [4.69, 9.17) is 0 Å². The van der Waals surface area contributed by atoms with Gasteiger partial charge in [0.1, 0.15) is 0 Å². The van der Waals surface area contributed by atoms with Crippen LogP contribution in [0.1, 0.15) is 13.8 Å². The molecule has 0 heterocycles. The lowest BCUT2D eigenvalue weighted by Crippen LogP contribution is -2.36. The first kappa shape index (κ1) is 18.9.